The number of hydrogen-bond donors (Lipinski definition) is 1. The summed E-state index contributed by atoms with van der Waals surface area (Å²) >= 11 is 1.40. The molecule has 0 bridgehead atoms. The van der Waals surface area contributed by atoms with Crippen LogP contribution in [0.1, 0.15) is 20.8 Å². The Morgan fingerprint density at radius 3 is 2.27 bits per heavy atom. The van der Waals surface area contributed by atoms with Gasteiger partial charge in [-0.15, -0.1) is 11.3 Å². The van der Waals surface area contributed by atoms with Gasteiger partial charge in [0.25, 0.3) is 11.8 Å². The first kappa shape index (κ1) is 20.9. The number of hydrogen-bond acceptors (Lipinski definition) is 6. The highest BCUT2D eigenvalue weighted by Crippen LogP contribution is 2.25. The van der Waals surface area contributed by atoms with Crippen molar-refractivity contribution in [1.82, 2.24) is 24.6 Å². The highest BCUT2D eigenvalue weighted by molar-refractivity contribution is 7.13. The number of amides is 2. The third-order valence-corrected chi connectivity index (χ3v) is 6.45. The van der Waals surface area contributed by atoms with Gasteiger partial charge in [0.1, 0.15) is 16.5 Å². The van der Waals surface area contributed by atoms with Gasteiger partial charge >= 0.3 is 0 Å². The zero-order valence-corrected chi connectivity index (χ0v) is 18.5. The Kier molecular flexibility index (Phi) is 5.62. The van der Waals surface area contributed by atoms with E-state index in [-0.39, 0.29) is 23.1 Å². The first-order valence-corrected chi connectivity index (χ1v) is 11.4. The fourth-order valence-corrected chi connectivity index (χ4v) is 4.53. The van der Waals surface area contributed by atoms with Crippen LogP contribution in [0.4, 0.5) is 0 Å². The molecule has 166 valence electrons. The molecule has 1 fully saturated rings. The highest BCUT2D eigenvalue weighted by Gasteiger charge is 2.27. The van der Waals surface area contributed by atoms with Crippen LogP contribution in [-0.2, 0) is 0 Å². The van der Waals surface area contributed by atoms with Gasteiger partial charge in [0, 0.05) is 43.3 Å². The van der Waals surface area contributed by atoms with E-state index in [4.69, 9.17) is 0 Å². The highest BCUT2D eigenvalue weighted by atomic mass is 32.1. The van der Waals surface area contributed by atoms with Crippen molar-refractivity contribution in [2.24, 2.45) is 0 Å². The van der Waals surface area contributed by atoms with E-state index >= 15 is 0 Å². The van der Waals surface area contributed by atoms with E-state index in [1.54, 1.807) is 44.3 Å². The number of aromatic nitrogens is 3. The third-order valence-electron chi connectivity index (χ3n) is 5.56. The number of carbonyl (C=O) groups excluding carboxylic acids is 2. The maximum Gasteiger partial charge on any atom is 0.273 e. The van der Waals surface area contributed by atoms with E-state index in [2.05, 4.69) is 10.1 Å². The normalized spacial score (nSPS) is 13.8. The van der Waals surface area contributed by atoms with Gasteiger partial charge in [0.05, 0.1) is 17.4 Å². The minimum Gasteiger partial charge on any atom is -0.507 e. The van der Waals surface area contributed by atoms with Gasteiger partial charge in [-0.1, -0.05) is 30.3 Å². The summed E-state index contributed by atoms with van der Waals surface area (Å²) in [5, 5.41) is 16.8. The van der Waals surface area contributed by atoms with Gasteiger partial charge in [0.15, 0.2) is 0 Å². The Hall–Kier alpha value is -3.98. The average Bonchev–Trinajstić information content (AvgIpc) is 3.54. The molecule has 0 saturated carbocycles. The first-order valence-electron chi connectivity index (χ1n) is 10.5. The molecule has 2 amide bonds. The zero-order chi connectivity index (χ0) is 22.8. The lowest BCUT2D eigenvalue weighted by molar-refractivity contribution is 0.0531. The van der Waals surface area contributed by atoms with Crippen molar-refractivity contribution in [3.05, 3.63) is 83.6 Å². The van der Waals surface area contributed by atoms with Crippen molar-refractivity contribution in [2.45, 2.75) is 0 Å². The molecule has 5 rings (SSSR count). The predicted molar refractivity (Wildman–Crippen MR) is 125 cm³/mol. The SMILES string of the molecule is O=C(c1csc(-c2cnn(-c3ccccc3)c2)n1)N1CCN(C(=O)c2ccccc2O)CC1. The largest absolute Gasteiger partial charge is 0.507 e. The van der Waals surface area contributed by atoms with Gasteiger partial charge in [0.2, 0.25) is 0 Å². The molecule has 9 heteroatoms. The van der Waals surface area contributed by atoms with Crippen molar-refractivity contribution >= 4 is 23.2 Å². The molecule has 0 spiro atoms. The molecule has 2 aromatic carbocycles. The fraction of sp³-hybridized carbons (Fsp3) is 0.167. The maximum absolute atomic E-state index is 13.0. The number of phenols is 1. The Morgan fingerprint density at radius 1 is 0.879 bits per heavy atom. The second-order valence-corrected chi connectivity index (χ2v) is 8.51. The van der Waals surface area contributed by atoms with Crippen molar-refractivity contribution in [3.63, 3.8) is 0 Å². The quantitative estimate of drug-likeness (QED) is 0.506. The van der Waals surface area contributed by atoms with E-state index in [1.807, 2.05) is 36.5 Å². The molecule has 1 aliphatic heterocycles. The summed E-state index contributed by atoms with van der Waals surface area (Å²) in [7, 11) is 0. The fourth-order valence-electron chi connectivity index (χ4n) is 3.76. The molecule has 1 aliphatic rings. The number of piperazine rings is 1. The number of aromatic hydroxyl groups is 1. The first-order chi connectivity index (χ1) is 16.1. The molecule has 1 N–H and O–H groups in total. The molecule has 4 aromatic rings. The lowest BCUT2D eigenvalue weighted by Crippen LogP contribution is -2.50. The van der Waals surface area contributed by atoms with Crippen molar-refractivity contribution < 1.29 is 14.7 Å². The van der Waals surface area contributed by atoms with Crippen LogP contribution in [0.5, 0.6) is 5.75 Å². The van der Waals surface area contributed by atoms with Crippen LogP contribution >= 0.6 is 11.3 Å². The van der Waals surface area contributed by atoms with Crippen LogP contribution in [0, 0.1) is 0 Å². The summed E-state index contributed by atoms with van der Waals surface area (Å²) in [6.45, 7) is 1.63. The number of benzene rings is 2. The molecule has 33 heavy (non-hydrogen) atoms. The van der Waals surface area contributed by atoms with Crippen molar-refractivity contribution in [1.29, 1.82) is 0 Å². The lowest BCUT2D eigenvalue weighted by Gasteiger charge is -2.34. The molecular weight excluding hydrogens is 438 g/mol. The molecular formula is C24H21N5O3S. The standard InChI is InChI=1S/C24H21N5O3S/c30-21-9-5-4-8-19(21)23(31)27-10-12-28(13-11-27)24(32)20-16-33-22(26-20)17-14-25-29(15-17)18-6-2-1-3-7-18/h1-9,14-16,30H,10-13H2. The number of nitrogens with zero attached hydrogens (tertiary/aromatic N) is 5. The second-order valence-electron chi connectivity index (χ2n) is 7.65. The Labute approximate surface area is 194 Å². The molecule has 0 unspecified atom stereocenters. The summed E-state index contributed by atoms with van der Waals surface area (Å²) in [5.41, 5.74) is 2.47. The summed E-state index contributed by atoms with van der Waals surface area (Å²) in [5.74, 6) is -0.416. The summed E-state index contributed by atoms with van der Waals surface area (Å²) < 4.78 is 1.78. The minimum absolute atomic E-state index is 0.0356. The van der Waals surface area contributed by atoms with Crippen LogP contribution < -0.4 is 0 Å². The van der Waals surface area contributed by atoms with Gasteiger partial charge in [-0.3, -0.25) is 9.59 Å². The van der Waals surface area contributed by atoms with Crippen LogP contribution in [0.15, 0.2) is 72.4 Å². The monoisotopic (exact) mass is 459 g/mol. The van der Waals surface area contributed by atoms with Gasteiger partial charge in [-0.25, -0.2) is 9.67 Å². The molecule has 8 nitrogen and oxygen atoms in total. The van der Waals surface area contributed by atoms with Crippen molar-refractivity contribution in [2.75, 3.05) is 26.2 Å². The van der Waals surface area contributed by atoms with Crippen molar-refractivity contribution in [3.8, 4) is 22.0 Å². The Bertz CT molecular complexity index is 1290. The number of para-hydroxylation sites is 2. The van der Waals surface area contributed by atoms with Crippen LogP contribution in [0.25, 0.3) is 16.3 Å². The van der Waals surface area contributed by atoms with Crippen LogP contribution in [-0.4, -0.2) is 67.7 Å². The van der Waals surface area contributed by atoms with Gasteiger partial charge in [-0.05, 0) is 24.3 Å². The molecule has 3 heterocycles. The minimum atomic E-state index is -0.230. The smallest absolute Gasteiger partial charge is 0.273 e. The molecule has 0 atom stereocenters. The van der Waals surface area contributed by atoms with E-state index in [0.717, 1.165) is 16.3 Å². The number of phenolic OH excluding ortho intramolecular Hbond substituents is 1. The van der Waals surface area contributed by atoms with E-state index in [1.165, 1.54) is 17.4 Å². The summed E-state index contributed by atoms with van der Waals surface area (Å²) in [6.07, 6.45) is 3.63. The lowest BCUT2D eigenvalue weighted by atomic mass is 10.1. The summed E-state index contributed by atoms with van der Waals surface area (Å²) in [6, 6.07) is 16.3. The third kappa shape index (κ3) is 4.22. The maximum atomic E-state index is 13.0. The van der Waals surface area contributed by atoms with Gasteiger partial charge in [-0.2, -0.15) is 5.10 Å². The Morgan fingerprint density at radius 2 is 1.55 bits per heavy atom. The van der Waals surface area contributed by atoms with E-state index in [9.17, 15) is 14.7 Å². The second kappa shape index (κ2) is 8.87. The molecule has 0 radical (unpaired) electrons. The summed E-state index contributed by atoms with van der Waals surface area (Å²) in [4.78, 5) is 33.6. The molecule has 2 aromatic heterocycles. The topological polar surface area (TPSA) is 91.6 Å². The van der Waals surface area contributed by atoms with Crippen LogP contribution in [0.2, 0.25) is 0 Å². The number of rotatable bonds is 4. The number of carbonyl (C=O) groups is 2. The number of thiazole rings is 1. The van der Waals surface area contributed by atoms with Crippen LogP contribution in [0.3, 0.4) is 0 Å². The average molecular weight is 460 g/mol. The van der Waals surface area contributed by atoms with E-state index < -0.39 is 0 Å². The predicted octanol–water partition coefficient (Wildman–Crippen LogP) is 3.30. The molecule has 0 aliphatic carbocycles. The Balaban J connectivity index is 1.23. The van der Waals surface area contributed by atoms with Gasteiger partial charge < -0.3 is 14.9 Å². The molecule has 1 saturated heterocycles. The zero-order valence-electron chi connectivity index (χ0n) is 17.7. The van der Waals surface area contributed by atoms with E-state index in [0.29, 0.717) is 31.9 Å².